The summed E-state index contributed by atoms with van der Waals surface area (Å²) in [6.07, 6.45) is 0. The minimum Gasteiger partial charge on any atom is -0.370 e. The first-order valence-corrected chi connectivity index (χ1v) is 12.9. The van der Waals surface area contributed by atoms with E-state index in [4.69, 9.17) is 37.9 Å². The van der Waals surface area contributed by atoms with Crippen LogP contribution in [0.2, 0.25) is 10.0 Å². The number of fused-ring (bicyclic) bond motifs is 1. The minimum absolute atomic E-state index is 0.661. The standard InChI is InChI=1S/C21H17Cl2N3OS3/c22-13-3-4-15(23)17(10-13)30-21-19-14(16-2-1-9-28-16)12-29-20(19)24-18(25-21)11-26-5-7-27-8-6-26/h1-4,9-10,12H,5-8,11H2/p+1. The van der Waals surface area contributed by atoms with Crippen molar-refractivity contribution in [1.29, 1.82) is 0 Å². The van der Waals surface area contributed by atoms with Gasteiger partial charge in [0.05, 0.1) is 23.6 Å². The summed E-state index contributed by atoms with van der Waals surface area (Å²) >= 11 is 17.7. The van der Waals surface area contributed by atoms with Crippen LogP contribution < -0.4 is 4.90 Å². The number of morpholine rings is 1. The molecule has 0 unspecified atom stereocenters. The second kappa shape index (κ2) is 9.12. The Morgan fingerprint density at radius 3 is 2.77 bits per heavy atom. The number of quaternary nitrogens is 1. The number of halogens is 2. The summed E-state index contributed by atoms with van der Waals surface area (Å²) in [4.78, 5) is 14.5. The molecule has 1 aliphatic rings. The molecule has 3 aromatic heterocycles. The highest BCUT2D eigenvalue weighted by Crippen LogP contribution is 2.43. The van der Waals surface area contributed by atoms with Crippen LogP contribution in [-0.2, 0) is 11.3 Å². The Kier molecular flexibility index (Phi) is 6.29. The molecule has 0 aliphatic carbocycles. The van der Waals surface area contributed by atoms with Crippen molar-refractivity contribution in [3.05, 3.63) is 57.0 Å². The predicted octanol–water partition coefficient (Wildman–Crippen LogP) is 5.29. The number of ether oxygens (including phenoxy) is 1. The van der Waals surface area contributed by atoms with E-state index < -0.39 is 0 Å². The lowest BCUT2D eigenvalue weighted by atomic mass is 10.2. The molecular formula is C21H18Cl2N3OS3+. The fraction of sp³-hybridized carbons (Fsp3) is 0.238. The first-order valence-electron chi connectivity index (χ1n) is 9.53. The molecule has 4 heterocycles. The second-order valence-corrected chi connectivity index (χ2v) is 10.6. The number of benzene rings is 1. The largest absolute Gasteiger partial charge is 0.370 e. The Labute approximate surface area is 196 Å². The summed E-state index contributed by atoms with van der Waals surface area (Å²) in [5.41, 5.74) is 1.18. The van der Waals surface area contributed by atoms with Crippen LogP contribution in [0.5, 0.6) is 0 Å². The van der Waals surface area contributed by atoms with Crippen molar-refractivity contribution in [2.75, 3.05) is 26.3 Å². The molecule has 0 amide bonds. The predicted molar refractivity (Wildman–Crippen MR) is 127 cm³/mol. The third kappa shape index (κ3) is 4.39. The number of thiophene rings is 2. The van der Waals surface area contributed by atoms with Crippen LogP contribution in [0.1, 0.15) is 5.82 Å². The Balaban J connectivity index is 1.60. The van der Waals surface area contributed by atoms with Gasteiger partial charge in [-0.2, -0.15) is 0 Å². The van der Waals surface area contributed by atoms with E-state index in [-0.39, 0.29) is 0 Å². The summed E-state index contributed by atoms with van der Waals surface area (Å²) in [5.74, 6) is 0.861. The molecule has 0 saturated carbocycles. The monoisotopic (exact) mass is 494 g/mol. The minimum atomic E-state index is 0.661. The summed E-state index contributed by atoms with van der Waals surface area (Å²) in [6, 6.07) is 9.74. The SMILES string of the molecule is Clc1ccc(Cl)c(Sc2nc(C[NH+]3CCOCC3)nc3scc(-c4cccs4)c23)c1. The maximum Gasteiger partial charge on any atom is 0.186 e. The van der Waals surface area contributed by atoms with Crippen LogP contribution in [-0.4, -0.2) is 36.3 Å². The zero-order valence-electron chi connectivity index (χ0n) is 15.9. The van der Waals surface area contributed by atoms with Gasteiger partial charge in [0.25, 0.3) is 0 Å². The van der Waals surface area contributed by atoms with Crippen molar-refractivity contribution in [3.8, 4) is 10.4 Å². The number of aromatic nitrogens is 2. The van der Waals surface area contributed by atoms with Gasteiger partial charge in [0, 0.05) is 25.7 Å². The summed E-state index contributed by atoms with van der Waals surface area (Å²) < 4.78 is 5.49. The van der Waals surface area contributed by atoms with Gasteiger partial charge in [0.15, 0.2) is 5.82 Å². The van der Waals surface area contributed by atoms with Gasteiger partial charge in [0.1, 0.15) is 29.5 Å². The molecule has 5 rings (SSSR count). The molecule has 4 nitrogen and oxygen atoms in total. The average molecular weight is 496 g/mol. The van der Waals surface area contributed by atoms with Crippen molar-refractivity contribution >= 4 is 67.9 Å². The maximum atomic E-state index is 6.47. The van der Waals surface area contributed by atoms with Gasteiger partial charge in [-0.3, -0.25) is 0 Å². The molecular weight excluding hydrogens is 477 g/mol. The van der Waals surface area contributed by atoms with Crippen molar-refractivity contribution in [2.24, 2.45) is 0 Å². The van der Waals surface area contributed by atoms with Crippen molar-refractivity contribution in [3.63, 3.8) is 0 Å². The summed E-state index contributed by atoms with van der Waals surface area (Å²) in [6.45, 7) is 4.34. The Morgan fingerprint density at radius 1 is 1.10 bits per heavy atom. The quantitative estimate of drug-likeness (QED) is 0.382. The molecule has 154 valence electrons. The molecule has 0 bridgehead atoms. The molecule has 0 spiro atoms. The molecule has 1 N–H and O–H groups in total. The Morgan fingerprint density at radius 2 is 1.97 bits per heavy atom. The van der Waals surface area contributed by atoms with E-state index in [1.807, 2.05) is 12.1 Å². The topological polar surface area (TPSA) is 39.5 Å². The van der Waals surface area contributed by atoms with E-state index in [2.05, 4.69) is 22.9 Å². The zero-order chi connectivity index (χ0) is 20.5. The van der Waals surface area contributed by atoms with E-state index in [0.717, 1.165) is 58.8 Å². The van der Waals surface area contributed by atoms with E-state index in [0.29, 0.717) is 10.0 Å². The molecule has 1 aliphatic heterocycles. The number of hydrogen-bond donors (Lipinski definition) is 1. The molecule has 30 heavy (non-hydrogen) atoms. The molecule has 1 aromatic carbocycles. The van der Waals surface area contributed by atoms with Crippen LogP contribution in [0.4, 0.5) is 0 Å². The fourth-order valence-corrected chi connectivity index (χ4v) is 6.77. The molecule has 1 fully saturated rings. The second-order valence-electron chi connectivity index (χ2n) is 6.97. The smallest absolute Gasteiger partial charge is 0.186 e. The average Bonchev–Trinajstić information content (AvgIpc) is 3.41. The first kappa shape index (κ1) is 20.7. The van der Waals surface area contributed by atoms with Crippen molar-refractivity contribution in [2.45, 2.75) is 16.5 Å². The number of nitrogens with zero attached hydrogens (tertiary/aromatic N) is 2. The third-order valence-corrected chi connectivity index (χ3v) is 8.44. The zero-order valence-corrected chi connectivity index (χ0v) is 19.8. The summed E-state index contributed by atoms with van der Waals surface area (Å²) in [7, 11) is 0. The number of rotatable bonds is 5. The third-order valence-electron chi connectivity index (χ3n) is 4.94. The normalized spacial score (nSPS) is 15.1. The fourth-order valence-electron chi connectivity index (χ4n) is 3.44. The molecule has 9 heteroatoms. The highest BCUT2D eigenvalue weighted by atomic mass is 35.5. The highest BCUT2D eigenvalue weighted by molar-refractivity contribution is 7.99. The van der Waals surface area contributed by atoms with E-state index in [9.17, 15) is 0 Å². The van der Waals surface area contributed by atoms with Crippen molar-refractivity contribution < 1.29 is 9.64 Å². The van der Waals surface area contributed by atoms with E-state index in [1.54, 1.807) is 40.5 Å². The molecule has 1 saturated heterocycles. The van der Waals surface area contributed by atoms with Crippen LogP contribution in [0.15, 0.2) is 51.0 Å². The highest BCUT2D eigenvalue weighted by Gasteiger charge is 2.21. The number of nitrogens with one attached hydrogen (secondary N) is 1. The molecule has 0 atom stereocenters. The van der Waals surface area contributed by atoms with E-state index in [1.165, 1.54) is 15.3 Å². The van der Waals surface area contributed by atoms with Gasteiger partial charge >= 0.3 is 0 Å². The van der Waals surface area contributed by atoms with Crippen LogP contribution in [0, 0.1) is 0 Å². The van der Waals surface area contributed by atoms with Crippen LogP contribution in [0.25, 0.3) is 20.7 Å². The summed E-state index contributed by atoms with van der Waals surface area (Å²) in [5, 5.41) is 7.62. The first-order chi connectivity index (χ1) is 14.7. The lowest BCUT2D eigenvalue weighted by molar-refractivity contribution is -0.922. The number of hydrogen-bond acceptors (Lipinski definition) is 6. The van der Waals surface area contributed by atoms with Gasteiger partial charge in [0.2, 0.25) is 0 Å². The lowest BCUT2D eigenvalue weighted by Gasteiger charge is -2.23. The van der Waals surface area contributed by atoms with Gasteiger partial charge in [-0.1, -0.05) is 41.0 Å². The van der Waals surface area contributed by atoms with Gasteiger partial charge < -0.3 is 9.64 Å². The van der Waals surface area contributed by atoms with Gasteiger partial charge in [-0.25, -0.2) is 9.97 Å². The van der Waals surface area contributed by atoms with E-state index >= 15 is 0 Å². The van der Waals surface area contributed by atoms with Crippen LogP contribution in [0.3, 0.4) is 0 Å². The van der Waals surface area contributed by atoms with Crippen LogP contribution >= 0.6 is 57.6 Å². The van der Waals surface area contributed by atoms with Gasteiger partial charge in [-0.15, -0.1) is 22.7 Å². The Bertz CT molecular complexity index is 1170. The Hall–Kier alpha value is -1.19. The maximum absolute atomic E-state index is 6.47. The molecule has 4 aromatic rings. The lowest BCUT2D eigenvalue weighted by Crippen LogP contribution is -3.12. The van der Waals surface area contributed by atoms with Crippen molar-refractivity contribution in [1.82, 2.24) is 9.97 Å². The molecule has 0 radical (unpaired) electrons. The van der Waals surface area contributed by atoms with Gasteiger partial charge in [-0.05, 0) is 29.6 Å².